The first-order chi connectivity index (χ1) is 22.4. The fourth-order valence-corrected chi connectivity index (χ4v) is 4.32. The number of ether oxygens (including phenoxy) is 1. The molecule has 0 heterocycles. The Morgan fingerprint density at radius 2 is 1.29 bits per heavy atom. The van der Waals surface area contributed by atoms with Crippen LogP contribution >= 0.6 is 0 Å². The van der Waals surface area contributed by atoms with E-state index in [2.05, 4.69) is 16.0 Å². The molecular formula is C36H58N6O6. The lowest BCUT2D eigenvalue weighted by atomic mass is 9.94. The molecule has 12 heteroatoms. The highest BCUT2D eigenvalue weighted by Crippen LogP contribution is 2.19. The van der Waals surface area contributed by atoms with E-state index in [1.54, 1.807) is 20.8 Å². The molecule has 0 bridgehead atoms. The lowest BCUT2D eigenvalue weighted by Gasteiger charge is -2.27. The van der Waals surface area contributed by atoms with Crippen molar-refractivity contribution in [3.05, 3.63) is 71.8 Å². The smallest absolute Gasteiger partial charge is 0.408 e. The van der Waals surface area contributed by atoms with Crippen LogP contribution in [0.15, 0.2) is 60.7 Å². The molecule has 0 aliphatic rings. The van der Waals surface area contributed by atoms with Crippen LogP contribution in [0.5, 0.6) is 0 Å². The average molecular weight is 671 g/mol. The summed E-state index contributed by atoms with van der Waals surface area (Å²) in [6, 6.07) is 17.3. The Kier molecular flexibility index (Phi) is 20.1. The zero-order valence-electron chi connectivity index (χ0n) is 30.1. The van der Waals surface area contributed by atoms with Crippen molar-refractivity contribution in [2.45, 2.75) is 118 Å². The lowest BCUT2D eigenvalue weighted by molar-refractivity contribution is -0.128. The predicted molar refractivity (Wildman–Crippen MR) is 189 cm³/mol. The van der Waals surface area contributed by atoms with Gasteiger partial charge in [0.1, 0.15) is 17.7 Å². The Morgan fingerprint density at radius 3 is 1.77 bits per heavy atom. The molecule has 48 heavy (non-hydrogen) atoms. The summed E-state index contributed by atoms with van der Waals surface area (Å²) in [6.07, 6.45) is 1.06. The molecule has 8 N–H and O–H groups in total. The standard InChI is InChI=1S/C20H31N3O4.C14H21N3O2.C2H6/c1-13(2)11-16(23-19(26)27-20(3,4)5)18(25)22-15(17(21)24)12-14-9-7-6-8-10-14;1-14(2,11-7-4-3-5-8-11)16-12(18)9-6-10-13(19)17-15;1-2/h6-10,13,15-16H,11-12H2,1-5H3,(H2,21,24)(H,22,25)(H,23,26);3-5,7-8H,6,9-10,15H2,1-2H3,(H,16,18)(H,17,19);1-2H3. The maximum Gasteiger partial charge on any atom is 0.408 e. The van der Waals surface area contributed by atoms with E-state index in [1.165, 1.54) is 0 Å². The van der Waals surface area contributed by atoms with Crippen LogP contribution in [0.1, 0.15) is 99.1 Å². The minimum absolute atomic E-state index is 0.0707. The molecule has 2 aromatic carbocycles. The molecule has 0 saturated carbocycles. The second kappa shape index (κ2) is 22.2. The van der Waals surface area contributed by atoms with Crippen molar-refractivity contribution in [3.8, 4) is 0 Å². The SMILES string of the molecule is CC.CC(C)(NC(=O)CCCC(=O)NN)c1ccccc1.CC(C)CC(NC(=O)OC(C)(C)C)C(=O)NC(Cc1ccccc1)C(N)=O. The van der Waals surface area contributed by atoms with Crippen LogP contribution in [-0.4, -0.2) is 47.4 Å². The van der Waals surface area contributed by atoms with Gasteiger partial charge in [0.05, 0.1) is 5.54 Å². The molecule has 268 valence electrons. The Balaban J connectivity index is 0.000000922. The number of nitrogens with one attached hydrogen (secondary N) is 4. The van der Waals surface area contributed by atoms with Crippen molar-refractivity contribution in [2.24, 2.45) is 17.5 Å². The third-order valence-electron chi connectivity index (χ3n) is 6.57. The predicted octanol–water partition coefficient (Wildman–Crippen LogP) is 4.36. The quantitative estimate of drug-likeness (QED) is 0.0976. The largest absolute Gasteiger partial charge is 0.444 e. The fourth-order valence-electron chi connectivity index (χ4n) is 4.32. The van der Waals surface area contributed by atoms with Gasteiger partial charge in [0, 0.05) is 19.3 Å². The molecule has 2 rings (SSSR count). The highest BCUT2D eigenvalue weighted by atomic mass is 16.6. The van der Waals surface area contributed by atoms with E-state index >= 15 is 0 Å². The van der Waals surface area contributed by atoms with E-state index in [4.69, 9.17) is 16.3 Å². The molecule has 0 spiro atoms. The van der Waals surface area contributed by atoms with Crippen LogP contribution < -0.4 is 33.0 Å². The van der Waals surface area contributed by atoms with E-state index in [9.17, 15) is 24.0 Å². The maximum absolute atomic E-state index is 12.7. The van der Waals surface area contributed by atoms with Crippen LogP contribution in [0, 0.1) is 5.92 Å². The number of carbonyl (C=O) groups is 5. The number of amides is 5. The van der Waals surface area contributed by atoms with Gasteiger partial charge in [-0.3, -0.25) is 24.6 Å². The number of hydrogen-bond acceptors (Lipinski definition) is 7. The van der Waals surface area contributed by atoms with Gasteiger partial charge in [-0.25, -0.2) is 10.6 Å². The Hall–Kier alpha value is -4.45. The summed E-state index contributed by atoms with van der Waals surface area (Å²) in [4.78, 5) is 59.3. The van der Waals surface area contributed by atoms with Gasteiger partial charge in [0.25, 0.3) is 0 Å². The molecule has 0 aliphatic heterocycles. The molecular weight excluding hydrogens is 612 g/mol. The number of nitrogens with two attached hydrogens (primary N) is 2. The topological polar surface area (TPSA) is 195 Å². The van der Waals surface area contributed by atoms with E-state index in [0.717, 1.165) is 11.1 Å². The molecule has 5 amide bonds. The van der Waals surface area contributed by atoms with Crippen LogP contribution in [0.2, 0.25) is 0 Å². The number of alkyl carbamates (subject to hydrolysis) is 1. The Morgan fingerprint density at radius 1 is 0.771 bits per heavy atom. The van der Waals surface area contributed by atoms with Crippen molar-refractivity contribution in [1.82, 2.24) is 21.4 Å². The van der Waals surface area contributed by atoms with Gasteiger partial charge in [-0.1, -0.05) is 88.4 Å². The van der Waals surface area contributed by atoms with Crippen molar-refractivity contribution in [2.75, 3.05) is 0 Å². The Labute approximate surface area is 286 Å². The van der Waals surface area contributed by atoms with Crippen molar-refractivity contribution < 1.29 is 28.7 Å². The summed E-state index contributed by atoms with van der Waals surface area (Å²) in [5.41, 5.74) is 8.32. The molecule has 0 radical (unpaired) electrons. The van der Waals surface area contributed by atoms with Crippen molar-refractivity contribution >= 4 is 29.7 Å². The molecule has 2 atom stereocenters. The third kappa shape index (κ3) is 19.3. The number of hydrogen-bond donors (Lipinski definition) is 6. The summed E-state index contributed by atoms with van der Waals surface area (Å²) in [5.74, 6) is 3.70. The number of rotatable bonds is 14. The minimum Gasteiger partial charge on any atom is -0.444 e. The lowest BCUT2D eigenvalue weighted by Crippen LogP contribution is -2.54. The highest BCUT2D eigenvalue weighted by Gasteiger charge is 2.28. The van der Waals surface area contributed by atoms with Crippen molar-refractivity contribution in [1.29, 1.82) is 0 Å². The molecule has 12 nitrogen and oxygen atoms in total. The zero-order valence-corrected chi connectivity index (χ0v) is 30.1. The van der Waals surface area contributed by atoms with Gasteiger partial charge in [0.2, 0.25) is 23.6 Å². The molecule has 0 aliphatic carbocycles. The van der Waals surface area contributed by atoms with Gasteiger partial charge >= 0.3 is 6.09 Å². The molecule has 0 aromatic heterocycles. The summed E-state index contributed by atoms with van der Waals surface area (Å²) in [6.45, 7) is 17.0. The number of carbonyl (C=O) groups excluding carboxylic acids is 5. The van der Waals surface area contributed by atoms with Gasteiger partial charge < -0.3 is 26.4 Å². The summed E-state index contributed by atoms with van der Waals surface area (Å²) in [5, 5.41) is 8.20. The molecule has 0 fully saturated rings. The van der Waals surface area contributed by atoms with E-state index < -0.39 is 41.1 Å². The van der Waals surface area contributed by atoms with Crippen LogP contribution in [0.4, 0.5) is 4.79 Å². The highest BCUT2D eigenvalue weighted by molar-refractivity contribution is 5.91. The van der Waals surface area contributed by atoms with Gasteiger partial charge in [-0.2, -0.15) is 0 Å². The minimum atomic E-state index is -0.866. The molecule has 0 saturated heterocycles. The maximum atomic E-state index is 12.7. The second-order valence-corrected chi connectivity index (χ2v) is 12.9. The summed E-state index contributed by atoms with van der Waals surface area (Å²) < 4.78 is 5.23. The van der Waals surface area contributed by atoms with Gasteiger partial charge in [0.15, 0.2) is 0 Å². The van der Waals surface area contributed by atoms with Crippen LogP contribution in [-0.2, 0) is 35.9 Å². The van der Waals surface area contributed by atoms with Crippen molar-refractivity contribution in [3.63, 3.8) is 0 Å². The van der Waals surface area contributed by atoms with Crippen LogP contribution in [0.25, 0.3) is 0 Å². The number of hydrazine groups is 1. The van der Waals surface area contributed by atoms with E-state index in [-0.39, 0.29) is 30.6 Å². The van der Waals surface area contributed by atoms with Crippen LogP contribution in [0.3, 0.4) is 0 Å². The zero-order chi connectivity index (χ0) is 36.9. The first-order valence-electron chi connectivity index (χ1n) is 16.4. The Bertz CT molecular complexity index is 1260. The average Bonchev–Trinajstić information content (AvgIpc) is 3.01. The van der Waals surface area contributed by atoms with Gasteiger partial charge in [-0.05, 0) is 64.5 Å². The first-order valence-corrected chi connectivity index (χ1v) is 16.4. The summed E-state index contributed by atoms with van der Waals surface area (Å²) in [7, 11) is 0. The van der Waals surface area contributed by atoms with Gasteiger partial charge in [-0.15, -0.1) is 0 Å². The normalized spacial score (nSPS) is 12.1. The molecule has 2 unspecified atom stereocenters. The third-order valence-corrected chi connectivity index (χ3v) is 6.57. The first kappa shape index (κ1) is 43.5. The number of primary amides is 1. The monoisotopic (exact) mass is 670 g/mol. The van der Waals surface area contributed by atoms with E-state index in [0.29, 0.717) is 19.3 Å². The number of benzene rings is 2. The molecule has 2 aromatic rings. The van der Waals surface area contributed by atoms with E-state index in [1.807, 2.05) is 108 Å². The fraction of sp³-hybridized carbons (Fsp3) is 0.528. The second-order valence-electron chi connectivity index (χ2n) is 12.9. The summed E-state index contributed by atoms with van der Waals surface area (Å²) >= 11 is 0.